The number of carboxylic acid groups (broad SMARTS) is 1. The second-order valence-electron chi connectivity index (χ2n) is 4.59. The van der Waals surface area contributed by atoms with E-state index in [2.05, 4.69) is 0 Å². The molecule has 0 heterocycles. The van der Waals surface area contributed by atoms with Gasteiger partial charge in [-0.2, -0.15) is 0 Å². The smallest absolute Gasteiger partial charge is 0.315 e. The number of phenolic OH excluding ortho intramolecular Hbond substituents is 1. The third-order valence-corrected chi connectivity index (χ3v) is 5.27. The van der Waals surface area contributed by atoms with Gasteiger partial charge in [0.1, 0.15) is 5.75 Å². The molecule has 0 bridgehead atoms. The number of halogens is 3. The summed E-state index contributed by atoms with van der Waals surface area (Å²) >= 11 is 5.81. The normalized spacial score (nSPS) is 10.5. The van der Waals surface area contributed by atoms with Crippen molar-refractivity contribution in [3.8, 4) is 17.2 Å². The van der Waals surface area contributed by atoms with Gasteiger partial charge in [0.15, 0.2) is 5.75 Å². The van der Waals surface area contributed by atoms with Crippen LogP contribution in [0.5, 0.6) is 17.2 Å². The zero-order valence-electron chi connectivity index (χ0n) is 11.6. The van der Waals surface area contributed by atoms with Crippen LogP contribution in [0, 0.1) is 20.8 Å². The fourth-order valence-electron chi connectivity index (χ4n) is 1.86. The molecule has 0 radical (unpaired) electrons. The van der Waals surface area contributed by atoms with Crippen molar-refractivity contribution in [1.82, 2.24) is 0 Å². The summed E-state index contributed by atoms with van der Waals surface area (Å²) in [5, 5.41) is 29.6. The van der Waals surface area contributed by atoms with Gasteiger partial charge in [0.05, 0.1) is 28.1 Å². The molecular formula is C14H8I3NO6. The molecule has 2 aromatic carbocycles. The average Bonchev–Trinajstić information content (AvgIpc) is 2.45. The molecule has 0 spiro atoms. The highest BCUT2D eigenvalue weighted by Crippen LogP contribution is 2.39. The zero-order valence-corrected chi connectivity index (χ0v) is 18.1. The molecule has 0 fully saturated rings. The lowest BCUT2D eigenvalue weighted by molar-refractivity contribution is -0.386. The zero-order chi connectivity index (χ0) is 18.0. The first-order valence-electron chi connectivity index (χ1n) is 6.23. The van der Waals surface area contributed by atoms with Gasteiger partial charge in [-0.15, -0.1) is 0 Å². The highest BCUT2D eigenvalue weighted by atomic mass is 127. The predicted octanol–water partition coefficient (Wildman–Crippen LogP) is 4.53. The maximum atomic E-state index is 11.0. The molecule has 2 rings (SSSR count). The van der Waals surface area contributed by atoms with E-state index in [1.807, 2.05) is 45.2 Å². The van der Waals surface area contributed by atoms with Crippen LogP contribution < -0.4 is 4.74 Å². The first kappa shape index (κ1) is 19.4. The molecule has 0 saturated heterocycles. The van der Waals surface area contributed by atoms with Crippen LogP contribution in [0.15, 0.2) is 24.3 Å². The summed E-state index contributed by atoms with van der Waals surface area (Å²) in [6, 6.07) is 6.01. The van der Waals surface area contributed by atoms with Gasteiger partial charge < -0.3 is 14.9 Å². The number of carbonyl (C=O) groups is 1. The fourth-order valence-corrected chi connectivity index (χ4v) is 4.56. The van der Waals surface area contributed by atoms with Crippen LogP contribution in [0.1, 0.15) is 5.56 Å². The number of benzene rings is 2. The third-order valence-electron chi connectivity index (χ3n) is 2.85. The summed E-state index contributed by atoms with van der Waals surface area (Å²) in [5.74, 6) is -0.653. The number of aliphatic carboxylic acids is 1. The Hall–Kier alpha value is -0.900. The van der Waals surface area contributed by atoms with Crippen molar-refractivity contribution in [1.29, 1.82) is 0 Å². The average molecular weight is 667 g/mol. The molecule has 0 saturated carbocycles. The largest absolute Gasteiger partial charge is 0.501 e. The maximum absolute atomic E-state index is 11.0. The number of hydrogen-bond donors (Lipinski definition) is 2. The number of hydrogen-bond acceptors (Lipinski definition) is 5. The van der Waals surface area contributed by atoms with Crippen LogP contribution in [0.25, 0.3) is 0 Å². The lowest BCUT2D eigenvalue weighted by Gasteiger charge is -2.12. The Labute approximate surface area is 177 Å². The monoisotopic (exact) mass is 667 g/mol. The molecule has 0 atom stereocenters. The molecule has 0 unspecified atom stereocenters. The SMILES string of the molecule is O=C(O)Cc1cc(I)c(Oc2cc(I)c(O)c([N+](=O)[O-])c2)c(I)c1. The lowest BCUT2D eigenvalue weighted by atomic mass is 10.1. The van der Waals surface area contributed by atoms with E-state index in [-0.39, 0.29) is 12.2 Å². The number of nitro benzene ring substituents is 1. The van der Waals surface area contributed by atoms with E-state index in [1.54, 1.807) is 34.7 Å². The lowest BCUT2D eigenvalue weighted by Crippen LogP contribution is -2.02. The van der Waals surface area contributed by atoms with E-state index < -0.39 is 22.3 Å². The number of aromatic hydroxyl groups is 1. The quantitative estimate of drug-likeness (QED) is 0.276. The number of carboxylic acids is 1. The molecule has 126 valence electrons. The van der Waals surface area contributed by atoms with Gasteiger partial charge in [-0.1, -0.05) is 0 Å². The molecule has 2 N–H and O–H groups in total. The minimum Gasteiger partial charge on any atom is -0.501 e. The summed E-state index contributed by atoms with van der Waals surface area (Å²) in [7, 11) is 0. The standard InChI is InChI=1S/C14H8I3NO6/c15-8-4-7(5-11(13(8)21)18(22)23)24-14-9(16)1-6(2-10(14)17)3-12(19)20/h1-2,4-5,21H,3H2,(H,19,20). The van der Waals surface area contributed by atoms with Crippen molar-refractivity contribution >= 4 is 79.4 Å². The summed E-state index contributed by atoms with van der Waals surface area (Å²) in [5.41, 5.74) is 0.194. The Bertz CT molecular complexity index is 816. The summed E-state index contributed by atoms with van der Waals surface area (Å²) in [4.78, 5) is 21.1. The Balaban J connectivity index is 2.41. The first-order chi connectivity index (χ1) is 11.2. The number of nitro groups is 1. The molecule has 2 aromatic rings. The van der Waals surface area contributed by atoms with Crippen molar-refractivity contribution in [2.24, 2.45) is 0 Å². The highest BCUT2D eigenvalue weighted by molar-refractivity contribution is 14.1. The second kappa shape index (κ2) is 7.99. The van der Waals surface area contributed by atoms with Gasteiger partial charge in [0, 0.05) is 0 Å². The van der Waals surface area contributed by atoms with Gasteiger partial charge in [0.25, 0.3) is 0 Å². The predicted molar refractivity (Wildman–Crippen MR) is 111 cm³/mol. The van der Waals surface area contributed by atoms with E-state index in [9.17, 15) is 20.0 Å². The van der Waals surface area contributed by atoms with E-state index in [0.717, 1.165) is 6.07 Å². The van der Waals surface area contributed by atoms with Crippen molar-refractivity contribution in [2.75, 3.05) is 0 Å². The van der Waals surface area contributed by atoms with Crippen LogP contribution in [-0.2, 0) is 11.2 Å². The highest BCUT2D eigenvalue weighted by Gasteiger charge is 2.20. The third kappa shape index (κ3) is 4.59. The molecule has 7 nitrogen and oxygen atoms in total. The molecule has 0 amide bonds. The van der Waals surface area contributed by atoms with Crippen molar-refractivity contribution in [2.45, 2.75) is 6.42 Å². The minimum atomic E-state index is -0.931. The van der Waals surface area contributed by atoms with Crippen LogP contribution >= 0.6 is 67.8 Å². The fraction of sp³-hybridized carbons (Fsp3) is 0.0714. The maximum Gasteiger partial charge on any atom is 0.315 e. The van der Waals surface area contributed by atoms with Gasteiger partial charge in [-0.25, -0.2) is 0 Å². The topological polar surface area (TPSA) is 110 Å². The van der Waals surface area contributed by atoms with Crippen molar-refractivity contribution < 1.29 is 24.7 Å². The second-order valence-corrected chi connectivity index (χ2v) is 8.08. The molecule has 0 aliphatic carbocycles. The number of ether oxygens (including phenoxy) is 1. The molecular weight excluding hydrogens is 659 g/mol. The number of phenols is 1. The van der Waals surface area contributed by atoms with E-state index in [0.29, 0.717) is 22.0 Å². The summed E-state index contributed by atoms with van der Waals surface area (Å²) < 4.78 is 7.40. The Morgan fingerprint density at radius 1 is 1.12 bits per heavy atom. The van der Waals surface area contributed by atoms with Crippen LogP contribution in [0.2, 0.25) is 0 Å². The summed E-state index contributed by atoms with van der Waals surface area (Å²) in [6.45, 7) is 0. The molecule has 0 aliphatic rings. The summed E-state index contributed by atoms with van der Waals surface area (Å²) in [6.07, 6.45) is -0.102. The van der Waals surface area contributed by atoms with Crippen molar-refractivity contribution in [3.05, 3.63) is 50.7 Å². The van der Waals surface area contributed by atoms with E-state index in [4.69, 9.17) is 9.84 Å². The van der Waals surface area contributed by atoms with E-state index in [1.165, 1.54) is 6.07 Å². The van der Waals surface area contributed by atoms with Gasteiger partial charge >= 0.3 is 11.7 Å². The molecule has 0 aliphatic heterocycles. The van der Waals surface area contributed by atoms with Gasteiger partial charge in [-0.05, 0) is 91.5 Å². The minimum absolute atomic E-state index is 0.102. The molecule has 10 heteroatoms. The van der Waals surface area contributed by atoms with Gasteiger partial charge in [0.2, 0.25) is 5.75 Å². The molecule has 24 heavy (non-hydrogen) atoms. The Morgan fingerprint density at radius 2 is 1.71 bits per heavy atom. The Morgan fingerprint density at radius 3 is 2.21 bits per heavy atom. The van der Waals surface area contributed by atoms with E-state index >= 15 is 0 Å². The number of rotatable bonds is 5. The van der Waals surface area contributed by atoms with Crippen LogP contribution in [0.3, 0.4) is 0 Å². The van der Waals surface area contributed by atoms with Crippen LogP contribution in [0.4, 0.5) is 5.69 Å². The van der Waals surface area contributed by atoms with Gasteiger partial charge in [-0.3, -0.25) is 14.9 Å². The first-order valence-corrected chi connectivity index (χ1v) is 9.47. The Kier molecular flexibility index (Phi) is 6.46. The van der Waals surface area contributed by atoms with Crippen LogP contribution in [-0.4, -0.2) is 21.1 Å². The van der Waals surface area contributed by atoms with Crippen molar-refractivity contribution in [3.63, 3.8) is 0 Å². The number of nitrogens with zero attached hydrogens (tertiary/aromatic N) is 1. The molecule has 0 aromatic heterocycles.